The molecule has 42 heavy (non-hydrogen) atoms. The first-order valence-electron chi connectivity index (χ1n) is 13.6. The van der Waals surface area contributed by atoms with E-state index in [1.165, 1.54) is 0 Å². The lowest BCUT2D eigenvalue weighted by Gasteiger charge is -2.18. The highest BCUT2D eigenvalue weighted by Gasteiger charge is 2.23. The van der Waals surface area contributed by atoms with Gasteiger partial charge in [0.05, 0.1) is 23.4 Å². The highest BCUT2D eigenvalue weighted by Crippen LogP contribution is 2.45. The van der Waals surface area contributed by atoms with E-state index in [4.69, 9.17) is 9.97 Å². The maximum atomic E-state index is 13.9. The van der Waals surface area contributed by atoms with Crippen molar-refractivity contribution in [2.24, 2.45) is 0 Å². The van der Waals surface area contributed by atoms with E-state index >= 15 is 0 Å². The number of hydrogen-bond acceptors (Lipinski definition) is 6. The average molecular weight is 539 g/mol. The van der Waals surface area contributed by atoms with E-state index < -0.39 is 0 Å². The second kappa shape index (κ2) is 6.64. The van der Waals surface area contributed by atoms with E-state index in [0.717, 1.165) is 64.9 Å². The largest absolute Gasteiger partial charge is 0.268 e. The second-order valence-electron chi connectivity index (χ2n) is 11.0. The lowest BCUT2D eigenvalue weighted by atomic mass is 9.86. The van der Waals surface area contributed by atoms with Crippen molar-refractivity contribution in [3.05, 3.63) is 106 Å². The lowest BCUT2D eigenvalue weighted by Crippen LogP contribution is -2.14. The summed E-state index contributed by atoms with van der Waals surface area (Å²) in [6.07, 6.45) is 6.76. The Kier molecular flexibility index (Phi) is 3.29. The summed E-state index contributed by atoms with van der Waals surface area (Å²) in [7, 11) is 0. The van der Waals surface area contributed by atoms with Gasteiger partial charge in [0.15, 0.2) is 0 Å². The van der Waals surface area contributed by atoms with Crippen LogP contribution in [0.2, 0.25) is 0 Å². The van der Waals surface area contributed by atoms with Crippen LogP contribution in [-0.4, -0.2) is 28.7 Å². The number of benzene rings is 5. The minimum absolute atomic E-state index is 0.0927. The zero-order chi connectivity index (χ0) is 27.4. The number of aromatic nitrogens is 6. The van der Waals surface area contributed by atoms with Crippen LogP contribution < -0.4 is 11.1 Å². The topological polar surface area (TPSA) is 94.5 Å². The molecule has 0 radical (unpaired) electrons. The van der Waals surface area contributed by atoms with Crippen molar-refractivity contribution in [1.29, 1.82) is 0 Å². The summed E-state index contributed by atoms with van der Waals surface area (Å²) in [5.74, 6) is 0. The van der Waals surface area contributed by atoms with Gasteiger partial charge in [0.1, 0.15) is 22.3 Å². The van der Waals surface area contributed by atoms with E-state index in [1.54, 1.807) is 33.6 Å². The number of imidazole rings is 2. The molecule has 0 fully saturated rings. The van der Waals surface area contributed by atoms with Gasteiger partial charge in [0.2, 0.25) is 0 Å². The lowest BCUT2D eigenvalue weighted by molar-refractivity contribution is 1.19. The van der Waals surface area contributed by atoms with Crippen molar-refractivity contribution >= 4 is 98.0 Å². The van der Waals surface area contributed by atoms with E-state index in [9.17, 15) is 9.59 Å². The third-order valence-electron chi connectivity index (χ3n) is 9.16. The second-order valence-corrected chi connectivity index (χ2v) is 11.0. The van der Waals surface area contributed by atoms with Crippen LogP contribution in [0.15, 0.2) is 95.0 Å². The number of rotatable bonds is 0. The van der Waals surface area contributed by atoms with Crippen LogP contribution in [0.25, 0.3) is 98.0 Å². The Bertz CT molecular complexity index is 2890. The minimum Gasteiger partial charge on any atom is -0.268 e. The molecule has 6 heterocycles. The Morgan fingerprint density at radius 2 is 0.786 bits per heavy atom. The zero-order valence-electron chi connectivity index (χ0n) is 21.6. The van der Waals surface area contributed by atoms with Gasteiger partial charge in [0.25, 0.3) is 11.1 Å². The van der Waals surface area contributed by atoms with Crippen LogP contribution in [0.5, 0.6) is 0 Å². The number of pyridine rings is 4. The van der Waals surface area contributed by atoms with Gasteiger partial charge in [-0.25, -0.2) is 9.97 Å². The standard InChI is InChI=1S/C34H14N6O2/c41-33-21-7-3-17-18-4-8-22-30-20(32-38-24-14-36-12-10-26(24)40(32)34(22)42)6-2-16(28(18)30)15-1-5-19(29(21)27(15)17)31-37-23-13-35-11-9-25(23)39(31)33/h1-14H. The molecule has 0 unspecified atom stereocenters. The van der Waals surface area contributed by atoms with Crippen LogP contribution in [0.3, 0.4) is 0 Å². The van der Waals surface area contributed by atoms with Crippen molar-refractivity contribution < 1.29 is 0 Å². The highest BCUT2D eigenvalue weighted by molar-refractivity contribution is 6.40. The molecule has 6 aromatic heterocycles. The molecule has 0 saturated carbocycles. The van der Waals surface area contributed by atoms with Crippen LogP contribution in [0.4, 0.5) is 0 Å². The monoisotopic (exact) mass is 538 g/mol. The Labute approximate surface area is 232 Å². The average Bonchev–Trinajstić information content (AvgIpc) is 3.61. The molecule has 0 saturated heterocycles. The maximum Gasteiger partial charge on any atom is 0.264 e. The molecule has 11 aromatic rings. The fourth-order valence-electron chi connectivity index (χ4n) is 7.50. The van der Waals surface area contributed by atoms with Crippen LogP contribution in [0.1, 0.15) is 0 Å². The van der Waals surface area contributed by atoms with Gasteiger partial charge in [-0.1, -0.05) is 24.3 Å². The summed E-state index contributed by atoms with van der Waals surface area (Å²) < 4.78 is 3.40. The van der Waals surface area contributed by atoms with E-state index in [1.807, 2.05) is 36.4 Å². The zero-order valence-corrected chi connectivity index (χ0v) is 21.6. The van der Waals surface area contributed by atoms with Gasteiger partial charge in [-0.05, 0) is 68.7 Å². The first-order chi connectivity index (χ1) is 20.7. The predicted octanol–water partition coefficient (Wildman–Crippen LogP) is 6.03. The van der Waals surface area contributed by atoms with Crippen LogP contribution in [0, 0.1) is 0 Å². The normalized spacial score (nSPS) is 13.0. The number of hydrogen-bond donors (Lipinski definition) is 0. The number of fused-ring (bicyclic) bond motifs is 10. The van der Waals surface area contributed by atoms with Gasteiger partial charge >= 0.3 is 0 Å². The van der Waals surface area contributed by atoms with Gasteiger partial charge in [-0.15, -0.1) is 0 Å². The summed E-state index contributed by atoms with van der Waals surface area (Å²) in [6.45, 7) is 0. The molecule has 0 amide bonds. The van der Waals surface area contributed by atoms with Crippen molar-refractivity contribution in [3.8, 4) is 0 Å². The van der Waals surface area contributed by atoms with Gasteiger partial charge in [0, 0.05) is 44.7 Å². The first kappa shape index (κ1) is 20.8. The molecular formula is C34H14N6O2. The van der Waals surface area contributed by atoms with Gasteiger partial charge in [-0.2, -0.15) is 0 Å². The van der Waals surface area contributed by atoms with Gasteiger partial charge in [-0.3, -0.25) is 28.4 Å². The Hall–Kier alpha value is -6.02. The highest BCUT2D eigenvalue weighted by atomic mass is 16.1. The predicted molar refractivity (Wildman–Crippen MR) is 166 cm³/mol. The minimum atomic E-state index is -0.0927. The molecule has 192 valence electrons. The van der Waals surface area contributed by atoms with Crippen LogP contribution in [-0.2, 0) is 0 Å². The molecular weight excluding hydrogens is 524 g/mol. The smallest absolute Gasteiger partial charge is 0.264 e. The first-order valence-corrected chi connectivity index (χ1v) is 13.6. The molecule has 0 spiro atoms. The van der Waals surface area contributed by atoms with Crippen molar-refractivity contribution in [2.75, 3.05) is 0 Å². The molecule has 0 aliphatic heterocycles. The Morgan fingerprint density at radius 3 is 1.21 bits per heavy atom. The summed E-state index contributed by atoms with van der Waals surface area (Å²) in [6, 6.07) is 20.0. The quantitative estimate of drug-likeness (QED) is 0.173. The molecule has 0 atom stereocenters. The van der Waals surface area contributed by atoms with E-state index in [0.29, 0.717) is 33.1 Å². The fourth-order valence-corrected chi connectivity index (χ4v) is 7.50. The Morgan fingerprint density at radius 1 is 0.429 bits per heavy atom. The van der Waals surface area contributed by atoms with Crippen molar-refractivity contribution in [1.82, 2.24) is 28.7 Å². The van der Waals surface area contributed by atoms with Gasteiger partial charge < -0.3 is 0 Å². The molecule has 0 aliphatic carbocycles. The van der Waals surface area contributed by atoms with Crippen LogP contribution >= 0.6 is 0 Å². The summed E-state index contributed by atoms with van der Waals surface area (Å²) >= 11 is 0. The molecule has 0 bridgehead atoms. The number of nitrogens with zero attached hydrogens (tertiary/aromatic N) is 6. The third kappa shape index (κ3) is 2.12. The van der Waals surface area contributed by atoms with E-state index in [-0.39, 0.29) is 11.1 Å². The summed E-state index contributed by atoms with van der Waals surface area (Å²) in [5.41, 5.74) is 3.96. The SMILES string of the molecule is O=c1c2ccc3c4ccc5c(=O)n6c7ccncc7nc6c6ccc(c7ccc(c2c37)c2nc3cnccc3n12)c4c56. The molecule has 0 N–H and O–H groups in total. The summed E-state index contributed by atoms with van der Waals surface area (Å²) in [4.78, 5) is 46.0. The molecule has 8 nitrogen and oxygen atoms in total. The molecule has 8 heteroatoms. The molecule has 0 aliphatic rings. The van der Waals surface area contributed by atoms with Crippen molar-refractivity contribution in [3.63, 3.8) is 0 Å². The molecule has 5 aromatic carbocycles. The van der Waals surface area contributed by atoms with E-state index in [2.05, 4.69) is 34.2 Å². The Balaban J connectivity index is 1.41. The maximum absolute atomic E-state index is 13.9. The van der Waals surface area contributed by atoms with Crippen molar-refractivity contribution in [2.45, 2.75) is 0 Å². The fraction of sp³-hybridized carbons (Fsp3) is 0. The summed E-state index contributed by atoms with van der Waals surface area (Å²) in [5, 5.41) is 11.2. The molecule has 11 rings (SSSR count). The third-order valence-corrected chi connectivity index (χ3v) is 9.16.